The maximum Gasteiger partial charge on any atom is 0.243 e. The summed E-state index contributed by atoms with van der Waals surface area (Å²) in [6.45, 7) is 1.77. The molecule has 0 aliphatic carbocycles. The number of aromatic nitrogens is 1. The van der Waals surface area contributed by atoms with Crippen LogP contribution in [0.2, 0.25) is 0 Å². The van der Waals surface area contributed by atoms with Gasteiger partial charge in [-0.05, 0) is 36.8 Å². The van der Waals surface area contributed by atoms with Crippen LogP contribution in [0.15, 0.2) is 48.5 Å². The zero-order valence-corrected chi connectivity index (χ0v) is 17.0. The number of halogens is 1. The Morgan fingerprint density at radius 3 is 2.60 bits per heavy atom. The van der Waals surface area contributed by atoms with Crippen molar-refractivity contribution in [1.82, 2.24) is 15.6 Å². The van der Waals surface area contributed by atoms with Gasteiger partial charge in [-0.2, -0.15) is 0 Å². The van der Waals surface area contributed by atoms with E-state index in [9.17, 15) is 18.8 Å². The summed E-state index contributed by atoms with van der Waals surface area (Å²) in [7, 11) is 0. The topological polar surface area (TPSA) is 114 Å². The normalized spacial score (nSPS) is 12.9. The number of para-hydroxylation sites is 1. The fourth-order valence-electron chi connectivity index (χ4n) is 2.94. The highest BCUT2D eigenvalue weighted by atomic mass is 32.1. The summed E-state index contributed by atoms with van der Waals surface area (Å²) in [5, 5.41) is 5.98. The molecule has 3 rings (SSSR count). The average Bonchev–Trinajstić information content (AvgIpc) is 3.11. The second-order valence-electron chi connectivity index (χ2n) is 6.85. The number of rotatable bonds is 8. The van der Waals surface area contributed by atoms with E-state index in [0.29, 0.717) is 10.6 Å². The van der Waals surface area contributed by atoms with Crippen molar-refractivity contribution in [3.05, 3.63) is 64.9 Å². The van der Waals surface area contributed by atoms with Crippen LogP contribution >= 0.6 is 11.3 Å². The van der Waals surface area contributed by atoms with Gasteiger partial charge in [-0.15, -0.1) is 11.3 Å². The van der Waals surface area contributed by atoms with Gasteiger partial charge in [0.05, 0.1) is 29.1 Å². The number of amides is 3. The molecular weight excluding hydrogens is 407 g/mol. The van der Waals surface area contributed by atoms with Crippen molar-refractivity contribution in [1.29, 1.82) is 0 Å². The molecular formula is C21H21FN4O3S. The third-order valence-electron chi connectivity index (χ3n) is 4.35. The van der Waals surface area contributed by atoms with E-state index in [0.717, 1.165) is 10.2 Å². The number of hydrogen-bond donors (Lipinski definition) is 3. The summed E-state index contributed by atoms with van der Waals surface area (Å²) < 4.78 is 14.3. The van der Waals surface area contributed by atoms with Gasteiger partial charge in [0, 0.05) is 0 Å². The van der Waals surface area contributed by atoms with Crippen molar-refractivity contribution in [3.8, 4) is 0 Å². The SMILES string of the molecule is CC(NC(=O)C(CC(N)=O)NC(=O)Cc1cccc(F)c1)c1nc2ccccc2s1. The van der Waals surface area contributed by atoms with E-state index in [4.69, 9.17) is 5.73 Å². The van der Waals surface area contributed by atoms with Crippen LogP contribution in [0, 0.1) is 5.82 Å². The molecule has 1 heterocycles. The number of fused-ring (bicyclic) bond motifs is 1. The standard InChI is InChI=1S/C21H21FN4O3S/c1-12(21-26-15-7-2-3-8-17(15)30-21)24-20(29)16(11-18(23)27)25-19(28)10-13-5-4-6-14(22)9-13/h2-9,12,16H,10-11H2,1H3,(H2,23,27)(H,24,29)(H,25,28). The number of carbonyl (C=O) groups is 3. The van der Waals surface area contributed by atoms with Crippen molar-refractivity contribution in [3.63, 3.8) is 0 Å². The Kier molecular flexibility index (Phi) is 6.73. The number of nitrogens with two attached hydrogens (primary N) is 1. The molecule has 0 aliphatic heterocycles. The first kappa shape index (κ1) is 21.4. The second-order valence-corrected chi connectivity index (χ2v) is 7.91. The van der Waals surface area contributed by atoms with E-state index in [1.54, 1.807) is 13.0 Å². The van der Waals surface area contributed by atoms with Crippen molar-refractivity contribution in [2.24, 2.45) is 5.73 Å². The molecule has 2 unspecified atom stereocenters. The number of hydrogen-bond acceptors (Lipinski definition) is 5. The molecule has 0 bridgehead atoms. The number of thiazole rings is 1. The Hall–Kier alpha value is -3.33. The highest BCUT2D eigenvalue weighted by Gasteiger charge is 2.25. The third-order valence-corrected chi connectivity index (χ3v) is 5.57. The monoisotopic (exact) mass is 428 g/mol. The van der Waals surface area contributed by atoms with Crippen molar-refractivity contribution < 1.29 is 18.8 Å². The van der Waals surface area contributed by atoms with Crippen LogP contribution in [-0.4, -0.2) is 28.7 Å². The third kappa shape index (κ3) is 5.60. The van der Waals surface area contributed by atoms with Crippen LogP contribution in [0.4, 0.5) is 4.39 Å². The predicted molar refractivity (Wildman–Crippen MR) is 112 cm³/mol. The number of primary amides is 1. The average molecular weight is 428 g/mol. The lowest BCUT2D eigenvalue weighted by Gasteiger charge is -2.19. The van der Waals surface area contributed by atoms with Gasteiger partial charge >= 0.3 is 0 Å². The molecule has 0 saturated carbocycles. The highest BCUT2D eigenvalue weighted by molar-refractivity contribution is 7.18. The lowest BCUT2D eigenvalue weighted by molar-refractivity contribution is -0.131. The number of nitrogens with zero attached hydrogens (tertiary/aromatic N) is 1. The molecule has 30 heavy (non-hydrogen) atoms. The fraction of sp³-hybridized carbons (Fsp3) is 0.238. The van der Waals surface area contributed by atoms with Crippen LogP contribution in [0.25, 0.3) is 10.2 Å². The van der Waals surface area contributed by atoms with Gasteiger partial charge in [0.15, 0.2) is 0 Å². The van der Waals surface area contributed by atoms with Crippen LogP contribution in [0.1, 0.15) is 30.0 Å². The van der Waals surface area contributed by atoms with Gasteiger partial charge < -0.3 is 16.4 Å². The molecule has 0 spiro atoms. The molecule has 0 fully saturated rings. The molecule has 7 nitrogen and oxygen atoms in total. The van der Waals surface area contributed by atoms with Gasteiger partial charge in [-0.3, -0.25) is 14.4 Å². The van der Waals surface area contributed by atoms with E-state index < -0.39 is 35.6 Å². The number of benzene rings is 2. The zero-order valence-electron chi connectivity index (χ0n) is 16.2. The molecule has 1 aromatic heterocycles. The summed E-state index contributed by atoms with van der Waals surface area (Å²) in [5.41, 5.74) is 6.52. The molecule has 0 radical (unpaired) electrons. The second kappa shape index (κ2) is 9.45. The molecule has 3 amide bonds. The quantitative estimate of drug-likeness (QED) is 0.510. The Bertz CT molecular complexity index is 1050. The fourth-order valence-corrected chi connectivity index (χ4v) is 3.91. The van der Waals surface area contributed by atoms with E-state index in [-0.39, 0.29) is 12.8 Å². The van der Waals surface area contributed by atoms with Gasteiger partial charge in [-0.25, -0.2) is 9.37 Å². The largest absolute Gasteiger partial charge is 0.370 e. The van der Waals surface area contributed by atoms with Crippen LogP contribution in [-0.2, 0) is 20.8 Å². The summed E-state index contributed by atoms with van der Waals surface area (Å²) >= 11 is 1.45. The van der Waals surface area contributed by atoms with E-state index in [1.165, 1.54) is 29.5 Å². The Morgan fingerprint density at radius 1 is 1.13 bits per heavy atom. The van der Waals surface area contributed by atoms with Crippen LogP contribution in [0.5, 0.6) is 0 Å². The van der Waals surface area contributed by atoms with E-state index >= 15 is 0 Å². The van der Waals surface area contributed by atoms with Crippen LogP contribution < -0.4 is 16.4 Å². The first-order valence-corrected chi connectivity index (χ1v) is 10.1. The van der Waals surface area contributed by atoms with Crippen molar-refractivity contribution in [2.45, 2.75) is 31.8 Å². The van der Waals surface area contributed by atoms with Crippen molar-refractivity contribution >= 4 is 39.3 Å². The first-order chi connectivity index (χ1) is 14.3. The molecule has 0 aliphatic rings. The molecule has 0 saturated heterocycles. The molecule has 156 valence electrons. The first-order valence-electron chi connectivity index (χ1n) is 9.30. The van der Waals surface area contributed by atoms with Gasteiger partial charge in [-0.1, -0.05) is 24.3 Å². The maximum absolute atomic E-state index is 13.3. The summed E-state index contributed by atoms with van der Waals surface area (Å²) in [6, 6.07) is 11.6. The van der Waals surface area contributed by atoms with Gasteiger partial charge in [0.2, 0.25) is 17.7 Å². The molecule has 2 aromatic carbocycles. The van der Waals surface area contributed by atoms with Crippen LogP contribution in [0.3, 0.4) is 0 Å². The molecule has 4 N–H and O–H groups in total. The number of carbonyl (C=O) groups excluding carboxylic acids is 3. The minimum absolute atomic E-state index is 0.131. The van der Waals surface area contributed by atoms with E-state index in [2.05, 4.69) is 15.6 Å². The zero-order chi connectivity index (χ0) is 21.7. The number of nitrogens with one attached hydrogen (secondary N) is 2. The highest BCUT2D eigenvalue weighted by Crippen LogP contribution is 2.26. The molecule has 3 aromatic rings. The Balaban J connectivity index is 1.66. The Morgan fingerprint density at radius 2 is 1.90 bits per heavy atom. The lowest BCUT2D eigenvalue weighted by atomic mass is 10.1. The minimum atomic E-state index is -1.14. The molecule has 2 atom stereocenters. The summed E-state index contributed by atoms with van der Waals surface area (Å²) in [6.07, 6.45) is -0.485. The smallest absolute Gasteiger partial charge is 0.243 e. The Labute approximate surface area is 176 Å². The van der Waals surface area contributed by atoms with Gasteiger partial charge in [0.1, 0.15) is 16.9 Å². The predicted octanol–water partition coefficient (Wildman–Crippen LogP) is 2.22. The van der Waals surface area contributed by atoms with Gasteiger partial charge in [0.25, 0.3) is 0 Å². The summed E-state index contributed by atoms with van der Waals surface area (Å²) in [4.78, 5) is 40.9. The van der Waals surface area contributed by atoms with E-state index in [1.807, 2.05) is 24.3 Å². The van der Waals surface area contributed by atoms with Crippen molar-refractivity contribution in [2.75, 3.05) is 0 Å². The minimum Gasteiger partial charge on any atom is -0.370 e. The summed E-state index contributed by atoms with van der Waals surface area (Å²) in [5.74, 6) is -2.26. The lowest BCUT2D eigenvalue weighted by Crippen LogP contribution is -2.49. The maximum atomic E-state index is 13.3. The molecule has 9 heteroatoms.